The second-order valence-corrected chi connectivity index (χ2v) is 7.00. The van der Waals surface area contributed by atoms with Crippen LogP contribution < -0.4 is 15.2 Å². The standard InChI is InChI=1S/C16H18N2O3S.ClH/c17-15(12-4-2-1-3-5-12)11-18-22(19,20)14-6-7-16-13(10-14)8-9-21-16;/h1-7,10,15,18H,8-9,11,17H2;1H. The third-order valence-electron chi connectivity index (χ3n) is 3.69. The minimum absolute atomic E-state index is 0. The molecule has 23 heavy (non-hydrogen) atoms. The smallest absolute Gasteiger partial charge is 0.240 e. The lowest BCUT2D eigenvalue weighted by Crippen LogP contribution is -2.32. The Morgan fingerprint density at radius 2 is 1.91 bits per heavy atom. The van der Waals surface area contributed by atoms with Crippen molar-refractivity contribution in [2.24, 2.45) is 5.73 Å². The molecule has 0 spiro atoms. The molecule has 5 nitrogen and oxygen atoms in total. The van der Waals surface area contributed by atoms with Crippen LogP contribution in [0.1, 0.15) is 17.2 Å². The Labute approximate surface area is 142 Å². The summed E-state index contributed by atoms with van der Waals surface area (Å²) in [7, 11) is -3.57. The molecular formula is C16H19ClN2O3S. The number of fused-ring (bicyclic) bond motifs is 1. The largest absolute Gasteiger partial charge is 0.493 e. The van der Waals surface area contributed by atoms with Crippen LogP contribution in [0.3, 0.4) is 0 Å². The normalized spacial score (nSPS) is 14.5. The molecule has 1 heterocycles. The molecule has 2 aromatic rings. The first-order chi connectivity index (χ1) is 10.6. The van der Waals surface area contributed by atoms with Gasteiger partial charge in [0, 0.05) is 19.0 Å². The molecule has 3 N–H and O–H groups in total. The lowest BCUT2D eigenvalue weighted by Gasteiger charge is -2.14. The number of nitrogens with one attached hydrogen (secondary N) is 1. The Kier molecular flexibility index (Phi) is 5.64. The van der Waals surface area contributed by atoms with Crippen LogP contribution in [0, 0.1) is 0 Å². The van der Waals surface area contributed by atoms with Gasteiger partial charge < -0.3 is 10.5 Å². The molecule has 1 unspecified atom stereocenters. The first-order valence-electron chi connectivity index (χ1n) is 7.12. The molecule has 0 amide bonds. The average molecular weight is 355 g/mol. The second kappa shape index (κ2) is 7.31. The van der Waals surface area contributed by atoms with Gasteiger partial charge >= 0.3 is 0 Å². The molecule has 0 radical (unpaired) electrons. The van der Waals surface area contributed by atoms with Crippen LogP contribution >= 0.6 is 12.4 Å². The Balaban J connectivity index is 0.00000192. The summed E-state index contributed by atoms with van der Waals surface area (Å²) in [4.78, 5) is 0.247. The number of nitrogens with two attached hydrogens (primary N) is 1. The van der Waals surface area contributed by atoms with Crippen LogP contribution in [0.4, 0.5) is 0 Å². The van der Waals surface area contributed by atoms with Crippen molar-refractivity contribution < 1.29 is 13.2 Å². The molecule has 124 valence electrons. The molecule has 3 rings (SSSR count). The third-order valence-corrected chi connectivity index (χ3v) is 5.11. The Bertz CT molecular complexity index is 766. The van der Waals surface area contributed by atoms with Gasteiger partial charge in [-0.3, -0.25) is 0 Å². The zero-order valence-electron chi connectivity index (χ0n) is 12.4. The predicted octanol–water partition coefficient (Wildman–Crippen LogP) is 2.02. The van der Waals surface area contributed by atoms with Crippen molar-refractivity contribution in [3.05, 3.63) is 59.7 Å². The molecule has 2 aromatic carbocycles. The monoisotopic (exact) mass is 354 g/mol. The van der Waals surface area contributed by atoms with E-state index in [0.717, 1.165) is 23.3 Å². The predicted molar refractivity (Wildman–Crippen MR) is 91.4 cm³/mol. The molecule has 0 bridgehead atoms. The summed E-state index contributed by atoms with van der Waals surface area (Å²) >= 11 is 0. The summed E-state index contributed by atoms with van der Waals surface area (Å²) in [6, 6.07) is 14.0. The van der Waals surface area contributed by atoms with E-state index < -0.39 is 10.0 Å². The third kappa shape index (κ3) is 4.03. The second-order valence-electron chi connectivity index (χ2n) is 5.24. The lowest BCUT2D eigenvalue weighted by atomic mass is 10.1. The molecular weight excluding hydrogens is 336 g/mol. The molecule has 1 aliphatic heterocycles. The van der Waals surface area contributed by atoms with E-state index in [1.807, 2.05) is 30.3 Å². The fourth-order valence-electron chi connectivity index (χ4n) is 2.43. The van der Waals surface area contributed by atoms with Gasteiger partial charge in [-0.15, -0.1) is 12.4 Å². The van der Waals surface area contributed by atoms with E-state index in [1.54, 1.807) is 18.2 Å². The van der Waals surface area contributed by atoms with Gasteiger partial charge in [-0.1, -0.05) is 30.3 Å². The fourth-order valence-corrected chi connectivity index (χ4v) is 3.54. The van der Waals surface area contributed by atoms with E-state index in [-0.39, 0.29) is 29.9 Å². The summed E-state index contributed by atoms with van der Waals surface area (Å²) in [5, 5.41) is 0. The zero-order chi connectivity index (χ0) is 15.6. The van der Waals surface area contributed by atoms with Gasteiger partial charge in [0.05, 0.1) is 11.5 Å². The number of ether oxygens (including phenoxy) is 1. The van der Waals surface area contributed by atoms with E-state index in [0.29, 0.717) is 6.61 Å². The van der Waals surface area contributed by atoms with Crippen molar-refractivity contribution in [3.8, 4) is 5.75 Å². The summed E-state index contributed by atoms with van der Waals surface area (Å²) in [6.45, 7) is 0.755. The minimum atomic E-state index is -3.57. The van der Waals surface area contributed by atoms with E-state index in [4.69, 9.17) is 10.5 Å². The van der Waals surface area contributed by atoms with Crippen molar-refractivity contribution in [2.45, 2.75) is 17.4 Å². The maximum atomic E-state index is 12.4. The number of halogens is 1. The topological polar surface area (TPSA) is 81.4 Å². The van der Waals surface area contributed by atoms with Crippen LogP contribution in [0.25, 0.3) is 0 Å². The van der Waals surface area contributed by atoms with Crippen molar-refractivity contribution in [1.82, 2.24) is 4.72 Å². The maximum absolute atomic E-state index is 12.4. The summed E-state index contributed by atoms with van der Waals surface area (Å²) in [5.74, 6) is 0.764. The molecule has 0 aromatic heterocycles. The van der Waals surface area contributed by atoms with Gasteiger partial charge in [0.15, 0.2) is 0 Å². The van der Waals surface area contributed by atoms with Crippen LogP contribution in [0.2, 0.25) is 0 Å². The van der Waals surface area contributed by atoms with E-state index >= 15 is 0 Å². The van der Waals surface area contributed by atoms with Gasteiger partial charge in [-0.05, 0) is 29.3 Å². The Morgan fingerprint density at radius 1 is 1.17 bits per heavy atom. The van der Waals surface area contributed by atoms with E-state index in [9.17, 15) is 8.42 Å². The van der Waals surface area contributed by atoms with Gasteiger partial charge in [0.1, 0.15) is 5.75 Å². The molecule has 0 aliphatic carbocycles. The van der Waals surface area contributed by atoms with Crippen molar-refractivity contribution >= 4 is 22.4 Å². The first-order valence-corrected chi connectivity index (χ1v) is 8.60. The highest BCUT2D eigenvalue weighted by atomic mass is 35.5. The molecule has 7 heteroatoms. The highest BCUT2D eigenvalue weighted by Gasteiger charge is 2.20. The van der Waals surface area contributed by atoms with Crippen LogP contribution in [-0.4, -0.2) is 21.6 Å². The first kappa shape index (κ1) is 17.7. The van der Waals surface area contributed by atoms with Crippen molar-refractivity contribution in [1.29, 1.82) is 0 Å². The quantitative estimate of drug-likeness (QED) is 0.860. The summed E-state index contributed by atoms with van der Waals surface area (Å²) < 4.78 is 32.7. The van der Waals surface area contributed by atoms with Crippen molar-refractivity contribution in [3.63, 3.8) is 0 Å². The van der Waals surface area contributed by atoms with Crippen LogP contribution in [0.15, 0.2) is 53.4 Å². The number of benzene rings is 2. The fraction of sp³-hybridized carbons (Fsp3) is 0.250. The SMILES string of the molecule is Cl.NC(CNS(=O)(=O)c1ccc2c(c1)CCO2)c1ccccc1. The molecule has 0 saturated carbocycles. The van der Waals surface area contributed by atoms with Gasteiger partial charge in [-0.25, -0.2) is 13.1 Å². The zero-order valence-corrected chi connectivity index (χ0v) is 14.1. The highest BCUT2D eigenvalue weighted by molar-refractivity contribution is 7.89. The number of rotatable bonds is 5. The molecule has 1 atom stereocenters. The summed E-state index contributed by atoms with van der Waals surface area (Å²) in [6.07, 6.45) is 0.738. The lowest BCUT2D eigenvalue weighted by molar-refractivity contribution is 0.356. The van der Waals surface area contributed by atoms with Gasteiger partial charge in [0.25, 0.3) is 0 Å². The van der Waals surface area contributed by atoms with E-state index in [2.05, 4.69) is 4.72 Å². The number of sulfonamides is 1. The van der Waals surface area contributed by atoms with Crippen LogP contribution in [-0.2, 0) is 16.4 Å². The maximum Gasteiger partial charge on any atom is 0.240 e. The Hall–Kier alpha value is -1.60. The molecule has 1 aliphatic rings. The Morgan fingerprint density at radius 3 is 2.65 bits per heavy atom. The molecule has 0 saturated heterocycles. The highest BCUT2D eigenvalue weighted by Crippen LogP contribution is 2.27. The van der Waals surface area contributed by atoms with Gasteiger partial charge in [-0.2, -0.15) is 0 Å². The van der Waals surface area contributed by atoms with Gasteiger partial charge in [0.2, 0.25) is 10.0 Å². The van der Waals surface area contributed by atoms with Crippen LogP contribution in [0.5, 0.6) is 5.75 Å². The average Bonchev–Trinajstić information content (AvgIpc) is 3.01. The number of hydrogen-bond donors (Lipinski definition) is 2. The number of hydrogen-bond acceptors (Lipinski definition) is 4. The van der Waals surface area contributed by atoms with Crippen molar-refractivity contribution in [2.75, 3.05) is 13.2 Å². The van der Waals surface area contributed by atoms with E-state index in [1.165, 1.54) is 0 Å². The molecule has 0 fully saturated rings. The minimum Gasteiger partial charge on any atom is -0.493 e. The summed E-state index contributed by atoms with van der Waals surface area (Å²) in [5.41, 5.74) is 7.85.